The quantitative estimate of drug-likeness (QED) is 0.558. The fraction of sp³-hybridized carbons (Fsp3) is 0. The summed E-state index contributed by atoms with van der Waals surface area (Å²) in [5.41, 5.74) is 0.174. The highest BCUT2D eigenvalue weighted by Crippen LogP contribution is 2.37. The molecule has 1 heterocycles. The molecule has 0 aliphatic heterocycles. The predicted octanol–water partition coefficient (Wildman–Crippen LogP) is 2.81. The summed E-state index contributed by atoms with van der Waals surface area (Å²) >= 11 is 0. The van der Waals surface area contributed by atoms with E-state index in [2.05, 4.69) is 4.98 Å². The summed E-state index contributed by atoms with van der Waals surface area (Å²) in [6.07, 6.45) is 0. The zero-order chi connectivity index (χ0) is 15.0. The van der Waals surface area contributed by atoms with Crippen molar-refractivity contribution in [1.29, 1.82) is 0 Å². The van der Waals surface area contributed by atoms with E-state index in [1.54, 1.807) is 36.4 Å². The van der Waals surface area contributed by atoms with Gasteiger partial charge in [-0.1, -0.05) is 36.4 Å². The van der Waals surface area contributed by atoms with Crippen LogP contribution in [0.25, 0.3) is 22.0 Å². The standard InChI is InChI=1S/C15H10N2O4/c18-14-12(9-5-2-1-3-6-9)13-10(16-15(14)19)7-4-8-11(13)17(20)21/h1-8,18H,(H,16,19). The predicted molar refractivity (Wildman–Crippen MR) is 78.3 cm³/mol. The first-order valence-electron chi connectivity index (χ1n) is 6.17. The first-order valence-corrected chi connectivity index (χ1v) is 6.17. The second kappa shape index (κ2) is 4.75. The average molecular weight is 282 g/mol. The molecular weight excluding hydrogens is 272 g/mol. The van der Waals surface area contributed by atoms with Crippen LogP contribution >= 0.6 is 0 Å². The first kappa shape index (κ1) is 12.9. The zero-order valence-electron chi connectivity index (χ0n) is 10.7. The third-order valence-corrected chi connectivity index (χ3v) is 3.25. The van der Waals surface area contributed by atoms with Crippen molar-refractivity contribution in [2.75, 3.05) is 0 Å². The Morgan fingerprint density at radius 1 is 1.05 bits per heavy atom. The minimum atomic E-state index is -0.679. The monoisotopic (exact) mass is 282 g/mol. The molecule has 21 heavy (non-hydrogen) atoms. The highest BCUT2D eigenvalue weighted by molar-refractivity contribution is 6.03. The second-order valence-corrected chi connectivity index (χ2v) is 4.50. The molecule has 3 rings (SSSR count). The number of aromatic amines is 1. The van der Waals surface area contributed by atoms with Gasteiger partial charge in [-0.3, -0.25) is 14.9 Å². The fourth-order valence-electron chi connectivity index (χ4n) is 2.36. The number of aromatic nitrogens is 1. The molecule has 0 radical (unpaired) electrons. The molecule has 6 heteroatoms. The van der Waals surface area contributed by atoms with Gasteiger partial charge in [-0.2, -0.15) is 0 Å². The average Bonchev–Trinajstić information content (AvgIpc) is 2.48. The number of fused-ring (bicyclic) bond motifs is 1. The van der Waals surface area contributed by atoms with E-state index in [4.69, 9.17) is 0 Å². The van der Waals surface area contributed by atoms with Crippen molar-refractivity contribution in [2.45, 2.75) is 0 Å². The lowest BCUT2D eigenvalue weighted by Gasteiger charge is -2.09. The van der Waals surface area contributed by atoms with Gasteiger partial charge in [0.15, 0.2) is 5.75 Å². The van der Waals surface area contributed by atoms with E-state index in [9.17, 15) is 20.0 Å². The third kappa shape index (κ3) is 2.02. The van der Waals surface area contributed by atoms with Crippen molar-refractivity contribution in [3.8, 4) is 16.9 Å². The van der Waals surface area contributed by atoms with Gasteiger partial charge in [0, 0.05) is 11.6 Å². The lowest BCUT2D eigenvalue weighted by Crippen LogP contribution is -2.07. The van der Waals surface area contributed by atoms with Gasteiger partial charge in [-0.25, -0.2) is 0 Å². The molecule has 0 unspecified atom stereocenters. The molecule has 1 aromatic heterocycles. The number of hydrogen-bond donors (Lipinski definition) is 2. The van der Waals surface area contributed by atoms with Crippen LogP contribution in [0.1, 0.15) is 0 Å². The maximum atomic E-state index is 11.8. The summed E-state index contributed by atoms with van der Waals surface area (Å²) in [4.78, 5) is 25.0. The minimum Gasteiger partial charge on any atom is -0.503 e. The summed E-state index contributed by atoms with van der Waals surface area (Å²) in [6.45, 7) is 0. The van der Waals surface area contributed by atoms with Crippen molar-refractivity contribution >= 4 is 16.6 Å². The summed E-state index contributed by atoms with van der Waals surface area (Å²) in [5.74, 6) is -0.525. The molecule has 3 aromatic rings. The van der Waals surface area contributed by atoms with Crippen LogP contribution in [0, 0.1) is 10.1 Å². The number of hydrogen-bond acceptors (Lipinski definition) is 4. The fourth-order valence-corrected chi connectivity index (χ4v) is 2.36. The van der Waals surface area contributed by atoms with Crippen LogP contribution in [0.3, 0.4) is 0 Å². The molecule has 2 N–H and O–H groups in total. The molecule has 0 aliphatic rings. The Morgan fingerprint density at radius 3 is 2.43 bits per heavy atom. The Labute approximate surface area is 118 Å². The van der Waals surface area contributed by atoms with Crippen LogP contribution < -0.4 is 5.56 Å². The summed E-state index contributed by atoms with van der Waals surface area (Å²) in [5, 5.41) is 21.5. The van der Waals surface area contributed by atoms with Crippen LogP contribution in [0.2, 0.25) is 0 Å². The molecule has 0 aliphatic carbocycles. The number of nitro benzene ring substituents is 1. The number of pyridine rings is 1. The molecule has 0 spiro atoms. The summed E-state index contributed by atoms with van der Waals surface area (Å²) in [7, 11) is 0. The van der Waals surface area contributed by atoms with E-state index < -0.39 is 16.2 Å². The SMILES string of the molecule is O=c1[nH]c2cccc([N+](=O)[O-])c2c(-c2ccccc2)c1O. The van der Waals surface area contributed by atoms with Gasteiger partial charge in [-0.05, 0) is 11.6 Å². The van der Waals surface area contributed by atoms with Gasteiger partial charge < -0.3 is 10.1 Å². The Balaban J connectivity index is 2.55. The first-order chi connectivity index (χ1) is 10.1. The van der Waals surface area contributed by atoms with Crippen molar-refractivity contribution < 1.29 is 10.0 Å². The van der Waals surface area contributed by atoms with Gasteiger partial charge in [-0.15, -0.1) is 0 Å². The molecule has 0 amide bonds. The maximum absolute atomic E-state index is 11.8. The topological polar surface area (TPSA) is 96.2 Å². The van der Waals surface area contributed by atoms with Crippen LogP contribution in [-0.2, 0) is 0 Å². The second-order valence-electron chi connectivity index (χ2n) is 4.50. The van der Waals surface area contributed by atoms with E-state index in [1.165, 1.54) is 12.1 Å². The lowest BCUT2D eigenvalue weighted by molar-refractivity contribution is -0.383. The van der Waals surface area contributed by atoms with E-state index in [0.29, 0.717) is 11.1 Å². The molecule has 0 saturated carbocycles. The molecule has 2 aromatic carbocycles. The summed E-state index contributed by atoms with van der Waals surface area (Å²) in [6, 6.07) is 13.0. The Morgan fingerprint density at radius 2 is 1.76 bits per heavy atom. The van der Waals surface area contributed by atoms with E-state index in [0.717, 1.165) is 0 Å². The van der Waals surface area contributed by atoms with Crippen molar-refractivity contribution in [1.82, 2.24) is 4.98 Å². The number of rotatable bonds is 2. The number of nitro groups is 1. The van der Waals surface area contributed by atoms with Gasteiger partial charge in [0.05, 0.1) is 15.8 Å². The van der Waals surface area contributed by atoms with Gasteiger partial charge in [0.25, 0.3) is 11.2 Å². The van der Waals surface area contributed by atoms with Crippen LogP contribution in [0.15, 0.2) is 53.3 Å². The number of benzene rings is 2. The highest BCUT2D eigenvalue weighted by Gasteiger charge is 2.21. The van der Waals surface area contributed by atoms with E-state index >= 15 is 0 Å². The van der Waals surface area contributed by atoms with E-state index in [1.807, 2.05) is 0 Å². The zero-order valence-corrected chi connectivity index (χ0v) is 10.7. The Hall–Kier alpha value is -3.15. The van der Waals surface area contributed by atoms with Gasteiger partial charge in [0.1, 0.15) is 0 Å². The van der Waals surface area contributed by atoms with Crippen LogP contribution in [0.4, 0.5) is 5.69 Å². The lowest BCUT2D eigenvalue weighted by atomic mass is 9.99. The molecular formula is C15H10N2O4. The van der Waals surface area contributed by atoms with Crippen LogP contribution in [0.5, 0.6) is 5.75 Å². The number of nitrogens with zero attached hydrogens (tertiary/aromatic N) is 1. The normalized spacial score (nSPS) is 10.7. The van der Waals surface area contributed by atoms with Crippen molar-refractivity contribution in [3.63, 3.8) is 0 Å². The summed E-state index contributed by atoms with van der Waals surface area (Å²) < 4.78 is 0. The number of non-ortho nitro benzene ring substituents is 1. The molecule has 0 bridgehead atoms. The van der Waals surface area contributed by atoms with E-state index in [-0.39, 0.29) is 16.6 Å². The van der Waals surface area contributed by atoms with Crippen molar-refractivity contribution in [2.24, 2.45) is 0 Å². The molecule has 0 atom stereocenters. The minimum absolute atomic E-state index is 0.168. The Bertz CT molecular complexity index is 901. The molecule has 6 nitrogen and oxygen atoms in total. The van der Waals surface area contributed by atoms with Crippen molar-refractivity contribution in [3.05, 3.63) is 69.0 Å². The largest absolute Gasteiger partial charge is 0.503 e. The number of aromatic hydroxyl groups is 1. The molecule has 104 valence electrons. The van der Waals surface area contributed by atoms with Gasteiger partial charge >= 0.3 is 0 Å². The molecule has 0 saturated heterocycles. The maximum Gasteiger partial charge on any atom is 0.291 e. The Kier molecular flexibility index (Phi) is 2.91. The number of H-pyrrole nitrogens is 1. The third-order valence-electron chi connectivity index (χ3n) is 3.25. The number of nitrogens with one attached hydrogen (secondary N) is 1. The highest BCUT2D eigenvalue weighted by atomic mass is 16.6. The van der Waals surface area contributed by atoms with Crippen LogP contribution in [-0.4, -0.2) is 15.0 Å². The molecule has 0 fully saturated rings. The smallest absolute Gasteiger partial charge is 0.291 e. The van der Waals surface area contributed by atoms with Gasteiger partial charge in [0.2, 0.25) is 0 Å².